The lowest BCUT2D eigenvalue weighted by Gasteiger charge is -2.21. The number of tetrazole rings is 1. The average Bonchev–Trinajstić information content (AvgIpc) is 3.27. The van der Waals surface area contributed by atoms with Crippen molar-refractivity contribution in [2.45, 2.75) is 43.3 Å². The topological polar surface area (TPSA) is 99.6 Å². The number of carbonyl (C=O) groups excluding carboxylic acids is 1. The first-order valence-electron chi connectivity index (χ1n) is 9.40. The van der Waals surface area contributed by atoms with Gasteiger partial charge in [-0.3, -0.25) is 13.9 Å². The summed E-state index contributed by atoms with van der Waals surface area (Å²) in [4.78, 5) is 24.4. The van der Waals surface area contributed by atoms with Crippen molar-refractivity contribution in [3.05, 3.63) is 28.7 Å². The highest BCUT2D eigenvalue weighted by atomic mass is 32.2. The molecule has 2 heterocycles. The quantitative estimate of drug-likeness (QED) is 0.657. The number of hydrogen-bond donors (Lipinski definition) is 1. The van der Waals surface area contributed by atoms with E-state index in [0.29, 0.717) is 16.9 Å². The van der Waals surface area contributed by atoms with Crippen LogP contribution in [0.1, 0.15) is 38.1 Å². The van der Waals surface area contributed by atoms with E-state index in [0.717, 1.165) is 23.9 Å². The van der Waals surface area contributed by atoms with E-state index in [1.54, 1.807) is 29.3 Å². The molecule has 1 N–H and O–H groups in total. The highest BCUT2D eigenvalue weighted by molar-refractivity contribution is 7.99. The Bertz CT molecular complexity index is 1060. The van der Waals surface area contributed by atoms with Gasteiger partial charge in [0, 0.05) is 19.8 Å². The predicted molar refractivity (Wildman–Crippen MR) is 107 cm³/mol. The van der Waals surface area contributed by atoms with Gasteiger partial charge in [-0.2, -0.15) is 0 Å². The monoisotopic (exact) mass is 401 g/mol. The third-order valence-electron chi connectivity index (χ3n) is 5.27. The zero-order valence-electron chi connectivity index (χ0n) is 16.0. The molecular formula is C18H23N7O2S. The Kier molecular flexibility index (Phi) is 5.21. The molecule has 0 spiro atoms. The van der Waals surface area contributed by atoms with Crippen molar-refractivity contribution in [2.24, 2.45) is 14.1 Å². The molecule has 0 bridgehead atoms. The molecule has 1 aliphatic rings. The lowest BCUT2D eigenvalue weighted by Crippen LogP contribution is -2.19. The number of imidazole rings is 1. The van der Waals surface area contributed by atoms with Crippen LogP contribution >= 0.6 is 11.8 Å². The van der Waals surface area contributed by atoms with Gasteiger partial charge in [-0.15, -0.1) is 5.10 Å². The fourth-order valence-corrected chi connectivity index (χ4v) is 4.49. The van der Waals surface area contributed by atoms with Gasteiger partial charge in [-0.25, -0.2) is 9.48 Å². The van der Waals surface area contributed by atoms with Crippen LogP contribution in [0.2, 0.25) is 0 Å². The van der Waals surface area contributed by atoms with Gasteiger partial charge in [0.1, 0.15) is 0 Å². The first-order chi connectivity index (χ1) is 13.5. The summed E-state index contributed by atoms with van der Waals surface area (Å²) in [5, 5.41) is 15.6. The third-order valence-corrected chi connectivity index (χ3v) is 6.20. The number of anilines is 1. The van der Waals surface area contributed by atoms with Gasteiger partial charge in [0.15, 0.2) is 0 Å². The summed E-state index contributed by atoms with van der Waals surface area (Å²) in [6.07, 6.45) is 5.82. The zero-order valence-corrected chi connectivity index (χ0v) is 16.8. The van der Waals surface area contributed by atoms with Crippen molar-refractivity contribution < 1.29 is 4.79 Å². The molecular weight excluding hydrogens is 378 g/mol. The lowest BCUT2D eigenvalue weighted by atomic mass is 9.96. The maximum Gasteiger partial charge on any atom is 0.328 e. The number of carbonyl (C=O) groups is 1. The Morgan fingerprint density at radius 2 is 1.93 bits per heavy atom. The fourth-order valence-electron chi connectivity index (χ4n) is 3.75. The summed E-state index contributed by atoms with van der Waals surface area (Å²) in [6, 6.07) is 5.78. The number of hydrogen-bond acceptors (Lipinski definition) is 6. The van der Waals surface area contributed by atoms with E-state index >= 15 is 0 Å². The molecule has 10 heteroatoms. The van der Waals surface area contributed by atoms with Crippen LogP contribution in [-0.2, 0) is 18.9 Å². The van der Waals surface area contributed by atoms with Gasteiger partial charge in [-0.1, -0.05) is 31.0 Å². The largest absolute Gasteiger partial charge is 0.328 e. The molecule has 1 aliphatic carbocycles. The van der Waals surface area contributed by atoms with Gasteiger partial charge < -0.3 is 5.32 Å². The van der Waals surface area contributed by atoms with Gasteiger partial charge in [0.05, 0.1) is 22.8 Å². The zero-order chi connectivity index (χ0) is 19.7. The number of aryl methyl sites for hydroxylation is 2. The Labute approximate surface area is 166 Å². The Hall–Kier alpha value is -2.62. The molecule has 9 nitrogen and oxygen atoms in total. The maximum absolute atomic E-state index is 12.4. The first kappa shape index (κ1) is 18.7. The number of amides is 1. The first-order valence-corrected chi connectivity index (χ1v) is 10.4. The molecule has 1 fully saturated rings. The SMILES string of the molecule is Cn1c(=O)n(C)c2cc(NC(=O)CSc3nnnn3C3CCCCC3)ccc21. The summed E-state index contributed by atoms with van der Waals surface area (Å²) in [7, 11) is 3.45. The fraction of sp³-hybridized carbons (Fsp3) is 0.500. The number of nitrogens with one attached hydrogen (secondary N) is 1. The maximum atomic E-state index is 12.4. The van der Waals surface area contributed by atoms with E-state index in [4.69, 9.17) is 0 Å². The molecule has 148 valence electrons. The normalized spacial score (nSPS) is 15.2. The molecule has 28 heavy (non-hydrogen) atoms. The van der Waals surface area contributed by atoms with Crippen LogP contribution in [0.25, 0.3) is 11.0 Å². The van der Waals surface area contributed by atoms with Crippen LogP contribution in [0.3, 0.4) is 0 Å². The van der Waals surface area contributed by atoms with Crippen LogP contribution < -0.4 is 11.0 Å². The van der Waals surface area contributed by atoms with E-state index in [-0.39, 0.29) is 17.3 Å². The highest BCUT2D eigenvalue weighted by Gasteiger charge is 2.21. The van der Waals surface area contributed by atoms with E-state index in [1.807, 2.05) is 16.8 Å². The van der Waals surface area contributed by atoms with E-state index < -0.39 is 0 Å². The summed E-state index contributed by atoms with van der Waals surface area (Å²) in [5.74, 6) is 0.0854. The summed E-state index contributed by atoms with van der Waals surface area (Å²) < 4.78 is 5.02. The molecule has 0 saturated heterocycles. The van der Waals surface area contributed by atoms with Gasteiger partial charge in [0.25, 0.3) is 0 Å². The van der Waals surface area contributed by atoms with Crippen LogP contribution in [0.15, 0.2) is 28.2 Å². The van der Waals surface area contributed by atoms with Gasteiger partial charge in [0.2, 0.25) is 11.1 Å². The van der Waals surface area contributed by atoms with E-state index in [2.05, 4.69) is 20.8 Å². The number of fused-ring (bicyclic) bond motifs is 1. The third kappa shape index (κ3) is 3.56. The Balaban J connectivity index is 1.41. The molecule has 0 unspecified atom stereocenters. The lowest BCUT2D eigenvalue weighted by molar-refractivity contribution is -0.113. The molecule has 0 radical (unpaired) electrons. The average molecular weight is 401 g/mol. The molecule has 1 aromatic carbocycles. The molecule has 3 aromatic rings. The summed E-state index contributed by atoms with van der Waals surface area (Å²) >= 11 is 1.34. The van der Waals surface area contributed by atoms with Crippen LogP contribution in [0.4, 0.5) is 5.69 Å². The molecule has 1 amide bonds. The molecule has 2 aromatic heterocycles. The molecule has 1 saturated carbocycles. The molecule has 0 aliphatic heterocycles. The van der Waals surface area contributed by atoms with Crippen molar-refractivity contribution in [3.63, 3.8) is 0 Å². The second-order valence-corrected chi connectivity index (χ2v) is 8.08. The number of thioether (sulfide) groups is 1. The molecule has 4 rings (SSSR count). The standard InChI is InChI=1S/C18H23N7O2S/c1-23-14-9-8-12(10-15(14)24(2)18(23)27)19-16(26)11-28-17-20-21-22-25(17)13-6-4-3-5-7-13/h8-10,13H,3-7,11H2,1-2H3,(H,19,26). The van der Waals surface area contributed by atoms with Crippen molar-refractivity contribution in [2.75, 3.05) is 11.1 Å². The van der Waals surface area contributed by atoms with Gasteiger partial charge in [-0.05, 0) is 41.5 Å². The Morgan fingerprint density at radius 1 is 1.18 bits per heavy atom. The van der Waals surface area contributed by atoms with Crippen LogP contribution in [0.5, 0.6) is 0 Å². The summed E-state index contributed by atoms with van der Waals surface area (Å²) in [5.41, 5.74) is 2.17. The smallest absolute Gasteiger partial charge is 0.325 e. The summed E-state index contributed by atoms with van der Waals surface area (Å²) in [6.45, 7) is 0. The number of rotatable bonds is 5. The second kappa shape index (κ2) is 7.78. The predicted octanol–water partition coefficient (Wildman–Crippen LogP) is 2.10. The van der Waals surface area contributed by atoms with E-state index in [9.17, 15) is 9.59 Å². The minimum Gasteiger partial charge on any atom is -0.325 e. The number of benzene rings is 1. The highest BCUT2D eigenvalue weighted by Crippen LogP contribution is 2.30. The van der Waals surface area contributed by atoms with Crippen molar-refractivity contribution >= 4 is 34.4 Å². The number of nitrogens with zero attached hydrogens (tertiary/aromatic N) is 6. The Morgan fingerprint density at radius 3 is 2.71 bits per heavy atom. The van der Waals surface area contributed by atoms with Crippen molar-refractivity contribution in [3.8, 4) is 0 Å². The minimum absolute atomic E-state index is 0.0939. The van der Waals surface area contributed by atoms with Gasteiger partial charge >= 0.3 is 5.69 Å². The minimum atomic E-state index is -0.136. The van der Waals surface area contributed by atoms with Crippen LogP contribution in [-0.4, -0.2) is 41.0 Å². The van der Waals surface area contributed by atoms with Crippen molar-refractivity contribution in [1.82, 2.24) is 29.3 Å². The second-order valence-electron chi connectivity index (χ2n) is 7.14. The molecule has 0 atom stereocenters. The van der Waals surface area contributed by atoms with E-state index in [1.165, 1.54) is 31.0 Å². The van der Waals surface area contributed by atoms with Crippen molar-refractivity contribution in [1.29, 1.82) is 0 Å². The van der Waals surface area contributed by atoms with Crippen LogP contribution in [0, 0.1) is 0 Å². The number of aromatic nitrogens is 6.